The summed E-state index contributed by atoms with van der Waals surface area (Å²) in [6.07, 6.45) is -4.71. The molecule has 3 aromatic rings. The number of para-hydroxylation sites is 1. The number of benzene rings is 2. The van der Waals surface area contributed by atoms with E-state index in [0.717, 1.165) is 10.5 Å². The zero-order valence-electron chi connectivity index (χ0n) is 22.7. The first kappa shape index (κ1) is 32.9. The number of alkyl halides is 3. The number of pyridine rings is 1. The molecule has 0 aliphatic carbocycles. The first-order valence-corrected chi connectivity index (χ1v) is 14.4. The number of ether oxygens (including phenoxy) is 3. The van der Waals surface area contributed by atoms with Gasteiger partial charge < -0.3 is 18.4 Å². The highest BCUT2D eigenvalue weighted by molar-refractivity contribution is 7.85. The molecule has 0 saturated carbocycles. The van der Waals surface area contributed by atoms with Gasteiger partial charge in [0.25, 0.3) is 0 Å². The van der Waals surface area contributed by atoms with Crippen LogP contribution in [0.5, 0.6) is 17.4 Å². The van der Waals surface area contributed by atoms with Gasteiger partial charge in [0.15, 0.2) is 5.75 Å². The molecule has 228 valence electrons. The Morgan fingerprint density at radius 3 is 2.43 bits per heavy atom. The van der Waals surface area contributed by atoms with Crippen molar-refractivity contribution in [2.45, 2.75) is 25.9 Å². The molecule has 10 nitrogen and oxygen atoms in total. The Labute approximate surface area is 246 Å². The van der Waals surface area contributed by atoms with Gasteiger partial charge in [0.1, 0.15) is 23.1 Å². The van der Waals surface area contributed by atoms with E-state index in [-0.39, 0.29) is 49.4 Å². The van der Waals surface area contributed by atoms with E-state index in [1.807, 2.05) is 30.3 Å². The van der Waals surface area contributed by atoms with Crippen LogP contribution >= 0.6 is 11.6 Å². The minimum atomic E-state index is -4.68. The highest BCUT2D eigenvalue weighted by atomic mass is 35.5. The molecule has 0 bridgehead atoms. The number of hydrogen-bond donors (Lipinski definition) is 1. The topological polar surface area (TPSA) is 116 Å². The maximum absolute atomic E-state index is 13.3. The van der Waals surface area contributed by atoms with Gasteiger partial charge in [0.2, 0.25) is 5.88 Å². The molecule has 42 heavy (non-hydrogen) atoms. The number of nitrogens with one attached hydrogen (secondary N) is 1. The summed E-state index contributed by atoms with van der Waals surface area (Å²) in [5.74, 6) is -0.425. The zero-order chi connectivity index (χ0) is 30.8. The van der Waals surface area contributed by atoms with E-state index >= 15 is 0 Å². The molecule has 0 fully saturated rings. The molecule has 0 aliphatic heterocycles. The third-order valence-electron chi connectivity index (χ3n) is 5.50. The van der Waals surface area contributed by atoms with Gasteiger partial charge in [-0.25, -0.2) is 9.78 Å². The molecular weight excluding hydrogens is 603 g/mol. The monoisotopic (exact) mass is 631 g/mol. The van der Waals surface area contributed by atoms with Gasteiger partial charge >= 0.3 is 22.6 Å². The summed E-state index contributed by atoms with van der Waals surface area (Å²) >= 11 is 6.03. The highest BCUT2D eigenvalue weighted by Gasteiger charge is 2.33. The molecule has 0 aliphatic rings. The fourth-order valence-corrected chi connectivity index (χ4v) is 4.51. The fourth-order valence-electron chi connectivity index (χ4n) is 3.61. The van der Waals surface area contributed by atoms with Gasteiger partial charge in [0, 0.05) is 26.4 Å². The van der Waals surface area contributed by atoms with Gasteiger partial charge in [-0.2, -0.15) is 26.3 Å². The number of aromatic nitrogens is 1. The average Bonchev–Trinajstić information content (AvgIpc) is 2.93. The lowest BCUT2D eigenvalue weighted by Gasteiger charge is -2.26. The number of rotatable bonds is 14. The van der Waals surface area contributed by atoms with Gasteiger partial charge in [-0.1, -0.05) is 54.9 Å². The number of carbonyl (C=O) groups excluding carboxylic acids is 1. The van der Waals surface area contributed by atoms with Crippen molar-refractivity contribution >= 4 is 33.7 Å². The van der Waals surface area contributed by atoms with E-state index in [1.165, 1.54) is 25.3 Å². The number of halogens is 4. The lowest BCUT2D eigenvalue weighted by molar-refractivity contribution is -0.137. The summed E-state index contributed by atoms with van der Waals surface area (Å²) in [5.41, 5.74) is -0.269. The van der Waals surface area contributed by atoms with Crippen LogP contribution in [0.1, 0.15) is 24.5 Å². The highest BCUT2D eigenvalue weighted by Crippen LogP contribution is 2.42. The molecule has 2 aromatic carbocycles. The third kappa shape index (κ3) is 9.48. The normalized spacial score (nSPS) is 11.7. The molecule has 0 atom stereocenters. The van der Waals surface area contributed by atoms with Crippen molar-refractivity contribution in [3.63, 3.8) is 0 Å². The van der Waals surface area contributed by atoms with Crippen LogP contribution in [0.3, 0.4) is 0 Å². The molecule has 15 heteroatoms. The van der Waals surface area contributed by atoms with Gasteiger partial charge in [-0.15, -0.1) is 0 Å². The Morgan fingerprint density at radius 1 is 1.07 bits per heavy atom. The first-order chi connectivity index (χ1) is 19.9. The number of hydrogen-bond acceptors (Lipinski definition) is 8. The summed E-state index contributed by atoms with van der Waals surface area (Å²) < 4.78 is 88.1. The maximum Gasteiger partial charge on any atom is 0.431 e. The van der Waals surface area contributed by atoms with E-state index in [2.05, 4.69) is 9.71 Å². The number of methoxy groups -OCH3 is 1. The Morgan fingerprint density at radius 2 is 1.79 bits per heavy atom. The van der Waals surface area contributed by atoms with Crippen LogP contribution in [0.4, 0.5) is 23.7 Å². The molecule has 0 spiro atoms. The molecule has 1 aromatic heterocycles. The van der Waals surface area contributed by atoms with E-state index in [4.69, 9.17) is 30.0 Å². The lowest BCUT2D eigenvalue weighted by atomic mass is 10.2. The zero-order valence-corrected chi connectivity index (χ0v) is 24.3. The predicted octanol–water partition coefficient (Wildman–Crippen LogP) is 6.00. The van der Waals surface area contributed by atoms with Crippen LogP contribution in [0.2, 0.25) is 5.02 Å². The summed E-state index contributed by atoms with van der Waals surface area (Å²) in [5, 5.41) is -0.448. The molecule has 3 rings (SSSR count). The number of nitrogens with zero attached hydrogens (tertiary/aromatic N) is 2. The molecular formula is C27H29ClF3N3O7S. The molecule has 1 heterocycles. The minimum absolute atomic E-state index is 0.0312. The summed E-state index contributed by atoms with van der Waals surface area (Å²) in [4.78, 5) is 17.9. The van der Waals surface area contributed by atoms with Crippen LogP contribution in [0, 0.1) is 0 Å². The third-order valence-corrected chi connectivity index (χ3v) is 6.69. The van der Waals surface area contributed by atoms with Crippen molar-refractivity contribution in [3.05, 3.63) is 76.9 Å². The molecule has 0 radical (unpaired) electrons. The first-order valence-electron chi connectivity index (χ1n) is 12.6. The molecule has 1 amide bonds. The van der Waals surface area contributed by atoms with Crippen LogP contribution in [0.25, 0.3) is 0 Å². The second kappa shape index (κ2) is 15.0. The second-order valence-corrected chi connectivity index (χ2v) is 10.4. The van der Waals surface area contributed by atoms with E-state index < -0.39 is 33.2 Å². The smallest absolute Gasteiger partial charge is 0.431 e. The van der Waals surface area contributed by atoms with Gasteiger partial charge in [0.05, 0.1) is 12.2 Å². The predicted molar refractivity (Wildman–Crippen MR) is 149 cm³/mol. The van der Waals surface area contributed by atoms with E-state index in [0.29, 0.717) is 25.1 Å². The van der Waals surface area contributed by atoms with Gasteiger partial charge in [-0.3, -0.25) is 4.90 Å². The SMILES string of the molecule is CCCN(C(=O)OS(=O)(=O)NCCc1ccccc1)c1c(OCCOC)cccc1Oc1ncc(C(F)(F)F)cc1Cl. The van der Waals surface area contributed by atoms with Crippen LogP contribution in [-0.2, 0) is 31.8 Å². The Hall–Kier alpha value is -3.59. The van der Waals surface area contributed by atoms with Crippen molar-refractivity contribution in [3.8, 4) is 17.4 Å². The van der Waals surface area contributed by atoms with Crippen LogP contribution in [-0.4, -0.2) is 52.9 Å². The van der Waals surface area contributed by atoms with Crippen molar-refractivity contribution in [1.29, 1.82) is 0 Å². The maximum atomic E-state index is 13.3. The Balaban J connectivity index is 1.91. The lowest BCUT2D eigenvalue weighted by Crippen LogP contribution is -2.38. The number of anilines is 1. The molecule has 0 saturated heterocycles. The van der Waals surface area contributed by atoms with Gasteiger partial charge in [-0.05, 0) is 36.6 Å². The quantitative estimate of drug-likeness (QED) is 0.215. The Bertz CT molecular complexity index is 1440. The van der Waals surface area contributed by atoms with Crippen molar-refractivity contribution in [1.82, 2.24) is 9.71 Å². The number of carbonyl (C=O) groups is 1. The van der Waals surface area contributed by atoms with Crippen molar-refractivity contribution in [2.24, 2.45) is 0 Å². The fraction of sp³-hybridized carbons (Fsp3) is 0.333. The van der Waals surface area contributed by atoms with Crippen LogP contribution in [0.15, 0.2) is 60.8 Å². The average molecular weight is 632 g/mol. The van der Waals surface area contributed by atoms with E-state index in [1.54, 1.807) is 6.92 Å². The minimum Gasteiger partial charge on any atom is -0.489 e. The summed E-state index contributed by atoms with van der Waals surface area (Å²) in [7, 11) is -3.08. The van der Waals surface area contributed by atoms with Crippen molar-refractivity contribution < 1.29 is 44.8 Å². The molecule has 0 unspecified atom stereocenters. The second-order valence-electron chi connectivity index (χ2n) is 8.64. The van der Waals surface area contributed by atoms with Crippen LogP contribution < -0.4 is 19.1 Å². The number of amides is 1. The summed E-state index contributed by atoms with van der Waals surface area (Å²) in [6.45, 7) is 1.87. The Kier molecular flexibility index (Phi) is 11.8. The molecule has 1 N–H and O–H groups in total. The van der Waals surface area contributed by atoms with Crippen molar-refractivity contribution in [2.75, 3.05) is 38.3 Å². The van der Waals surface area contributed by atoms with E-state index in [9.17, 15) is 26.4 Å². The summed E-state index contributed by atoms with van der Waals surface area (Å²) in [6, 6.07) is 14.1. The largest absolute Gasteiger partial charge is 0.489 e. The standard InChI is InChI=1S/C27H29ClF3N3O7S/c1-3-14-34(26(35)41-42(36,37)33-13-12-19-8-5-4-6-9-19)24-22(39-16-15-38-2)10-7-11-23(24)40-25-21(28)17-20(18-32-25)27(29,30)31/h4-11,17-18,33H,3,12-16H2,1-2H3.